The zero-order valence-corrected chi connectivity index (χ0v) is 14.7. The van der Waals surface area contributed by atoms with Crippen molar-refractivity contribution in [1.82, 2.24) is 9.55 Å². The van der Waals surface area contributed by atoms with Gasteiger partial charge in [0.2, 0.25) is 5.95 Å². The number of aliphatic hydroxyl groups is 1. The smallest absolute Gasteiger partial charge is 0.204 e. The minimum atomic E-state index is 0.0766. The number of fused-ring (bicyclic) bond motifs is 1. The number of nitrogens with one attached hydrogen (secondary N) is 1. The van der Waals surface area contributed by atoms with Gasteiger partial charge in [0.1, 0.15) is 0 Å². The van der Waals surface area contributed by atoms with Gasteiger partial charge in [-0.1, -0.05) is 6.07 Å². The molecule has 0 aliphatic carbocycles. The summed E-state index contributed by atoms with van der Waals surface area (Å²) in [6.07, 6.45) is 0.639. The Morgan fingerprint density at radius 3 is 2.83 bits per heavy atom. The molecule has 6 heteroatoms. The highest BCUT2D eigenvalue weighted by molar-refractivity contribution is 7.12. The van der Waals surface area contributed by atoms with Crippen molar-refractivity contribution in [2.75, 3.05) is 18.5 Å². The van der Waals surface area contributed by atoms with Crippen molar-refractivity contribution in [3.8, 4) is 0 Å². The lowest BCUT2D eigenvalue weighted by atomic mass is 10.1. The number of nitrogens with zero attached hydrogens (tertiary/aromatic N) is 2. The second kappa shape index (κ2) is 7.15. The molecule has 3 aromatic rings. The number of carbonyl (C=O) groups excluding carboxylic acids is 1. The zero-order chi connectivity index (χ0) is 17.1. The topological polar surface area (TPSA) is 67.2 Å². The molecule has 1 aromatic carbocycles. The van der Waals surface area contributed by atoms with Gasteiger partial charge >= 0.3 is 0 Å². The molecule has 0 fully saturated rings. The molecule has 2 N–H and O–H groups in total. The Kier molecular flexibility index (Phi) is 4.97. The monoisotopic (exact) mass is 343 g/mol. The average molecular weight is 343 g/mol. The summed E-state index contributed by atoms with van der Waals surface area (Å²) >= 11 is 1.45. The maximum atomic E-state index is 12.5. The summed E-state index contributed by atoms with van der Waals surface area (Å²) in [5.74, 6) is 0.751. The van der Waals surface area contributed by atoms with Crippen molar-refractivity contribution in [1.29, 1.82) is 0 Å². The molecule has 2 heterocycles. The number of ketones is 1. The number of anilines is 1. The number of rotatable bonds is 7. The number of thiophene rings is 1. The second-order valence-electron chi connectivity index (χ2n) is 5.85. The fourth-order valence-electron chi connectivity index (χ4n) is 2.61. The van der Waals surface area contributed by atoms with Crippen LogP contribution in [0.3, 0.4) is 0 Å². The molecule has 126 valence electrons. The summed E-state index contributed by atoms with van der Waals surface area (Å²) in [5, 5.41) is 14.1. The van der Waals surface area contributed by atoms with Crippen LogP contribution in [0.2, 0.25) is 0 Å². The van der Waals surface area contributed by atoms with Crippen molar-refractivity contribution in [3.05, 3.63) is 45.6 Å². The van der Waals surface area contributed by atoms with E-state index in [1.807, 2.05) is 28.1 Å². The molecule has 0 saturated heterocycles. The second-order valence-corrected chi connectivity index (χ2v) is 6.80. The molecule has 0 radical (unpaired) electrons. The fourth-order valence-corrected chi connectivity index (χ4v) is 3.27. The number of aromatic nitrogens is 2. The molecule has 3 rings (SSSR count). The van der Waals surface area contributed by atoms with Gasteiger partial charge in [-0.25, -0.2) is 4.98 Å². The molecular formula is C18H21N3O2S. The third-order valence-corrected chi connectivity index (χ3v) is 4.99. The van der Waals surface area contributed by atoms with Gasteiger partial charge in [0, 0.05) is 13.2 Å². The van der Waals surface area contributed by atoms with Crippen LogP contribution in [0.25, 0.3) is 11.0 Å². The fraction of sp³-hybridized carbons (Fsp3) is 0.333. The Labute approximate surface area is 145 Å². The van der Waals surface area contributed by atoms with Crippen molar-refractivity contribution in [2.24, 2.45) is 0 Å². The van der Waals surface area contributed by atoms with Gasteiger partial charge in [0.25, 0.3) is 0 Å². The largest absolute Gasteiger partial charge is 0.396 e. The Bertz CT molecular complexity index is 853. The van der Waals surface area contributed by atoms with E-state index >= 15 is 0 Å². The van der Waals surface area contributed by atoms with E-state index in [1.54, 1.807) is 0 Å². The lowest BCUT2D eigenvalue weighted by Crippen LogP contribution is -2.14. The number of carbonyl (C=O) groups is 1. The van der Waals surface area contributed by atoms with Crippen molar-refractivity contribution in [2.45, 2.75) is 26.8 Å². The predicted octanol–water partition coefficient (Wildman–Crippen LogP) is 3.39. The van der Waals surface area contributed by atoms with Crippen LogP contribution in [0, 0.1) is 13.8 Å². The molecule has 24 heavy (non-hydrogen) atoms. The maximum absolute atomic E-state index is 12.5. The molecule has 0 bridgehead atoms. The Balaban J connectivity index is 1.99. The molecule has 0 atom stereocenters. The predicted molar refractivity (Wildman–Crippen MR) is 98.0 cm³/mol. The minimum absolute atomic E-state index is 0.0766. The molecule has 0 saturated carbocycles. The first-order valence-electron chi connectivity index (χ1n) is 7.99. The van der Waals surface area contributed by atoms with Crippen LogP contribution in [0.1, 0.15) is 27.2 Å². The maximum Gasteiger partial charge on any atom is 0.204 e. The van der Waals surface area contributed by atoms with Crippen LogP contribution in [-0.2, 0) is 6.54 Å². The van der Waals surface area contributed by atoms with E-state index in [4.69, 9.17) is 5.11 Å². The summed E-state index contributed by atoms with van der Waals surface area (Å²) in [6.45, 7) is 5.11. The third-order valence-electron chi connectivity index (χ3n) is 4.08. The minimum Gasteiger partial charge on any atom is -0.396 e. The van der Waals surface area contributed by atoms with Crippen molar-refractivity contribution < 1.29 is 9.90 Å². The van der Waals surface area contributed by atoms with Crippen LogP contribution < -0.4 is 5.32 Å². The van der Waals surface area contributed by atoms with Crippen LogP contribution >= 0.6 is 11.3 Å². The molecule has 0 unspecified atom stereocenters. The lowest BCUT2D eigenvalue weighted by Gasteiger charge is -2.10. The van der Waals surface area contributed by atoms with E-state index in [1.165, 1.54) is 22.5 Å². The standard InChI is InChI=1S/C18H21N3O2S/c1-12-9-14-15(10-13(12)2)21(18(20-14)19-6-4-7-22)11-16(23)17-5-3-8-24-17/h3,5,8-10,22H,4,6-7,11H2,1-2H3,(H,19,20). The number of Topliss-reactive ketones (excluding diaryl/α,β-unsaturated/α-hetero) is 1. The number of imidazole rings is 1. The van der Waals surface area contributed by atoms with Crippen LogP contribution in [0.15, 0.2) is 29.6 Å². The number of hydrogen-bond donors (Lipinski definition) is 2. The van der Waals surface area contributed by atoms with E-state index in [0.717, 1.165) is 15.9 Å². The summed E-state index contributed by atoms with van der Waals surface area (Å²) in [6, 6.07) is 7.86. The number of benzene rings is 1. The lowest BCUT2D eigenvalue weighted by molar-refractivity contribution is 0.0978. The normalized spacial score (nSPS) is 11.1. The highest BCUT2D eigenvalue weighted by atomic mass is 32.1. The van der Waals surface area contributed by atoms with Crippen molar-refractivity contribution in [3.63, 3.8) is 0 Å². The first-order valence-corrected chi connectivity index (χ1v) is 8.87. The molecule has 0 aliphatic rings. The van der Waals surface area contributed by atoms with Gasteiger partial charge in [0.05, 0.1) is 22.5 Å². The van der Waals surface area contributed by atoms with Gasteiger partial charge < -0.3 is 15.0 Å². The van der Waals surface area contributed by atoms with Crippen LogP contribution in [0.4, 0.5) is 5.95 Å². The summed E-state index contributed by atoms with van der Waals surface area (Å²) < 4.78 is 1.93. The third kappa shape index (κ3) is 3.34. The van der Waals surface area contributed by atoms with E-state index in [2.05, 4.69) is 30.2 Å². The van der Waals surface area contributed by atoms with Gasteiger partial charge in [-0.3, -0.25) is 4.79 Å². The molecule has 0 amide bonds. The first kappa shape index (κ1) is 16.7. The Hall–Kier alpha value is -2.18. The highest BCUT2D eigenvalue weighted by Crippen LogP contribution is 2.24. The summed E-state index contributed by atoms with van der Waals surface area (Å²) in [4.78, 5) is 17.9. The molecule has 2 aromatic heterocycles. The van der Waals surface area contributed by atoms with Crippen LogP contribution in [0.5, 0.6) is 0 Å². The van der Waals surface area contributed by atoms with E-state index < -0.39 is 0 Å². The molecule has 0 spiro atoms. The van der Waals surface area contributed by atoms with E-state index in [0.29, 0.717) is 18.9 Å². The Morgan fingerprint density at radius 2 is 2.12 bits per heavy atom. The molecule has 5 nitrogen and oxygen atoms in total. The number of hydrogen-bond acceptors (Lipinski definition) is 5. The Morgan fingerprint density at radius 1 is 1.33 bits per heavy atom. The van der Waals surface area contributed by atoms with E-state index in [-0.39, 0.29) is 18.9 Å². The van der Waals surface area contributed by atoms with E-state index in [9.17, 15) is 4.79 Å². The summed E-state index contributed by atoms with van der Waals surface area (Å²) in [7, 11) is 0. The quantitative estimate of drug-likeness (QED) is 0.510. The van der Waals surface area contributed by atoms with Gasteiger partial charge in [-0.2, -0.15) is 0 Å². The number of aliphatic hydroxyl groups excluding tert-OH is 1. The number of aryl methyl sites for hydroxylation is 2. The SMILES string of the molecule is Cc1cc2nc(NCCCO)n(CC(=O)c3cccs3)c2cc1C. The average Bonchev–Trinajstić information content (AvgIpc) is 3.18. The van der Waals surface area contributed by atoms with Gasteiger partial charge in [-0.05, 0) is 55.0 Å². The van der Waals surface area contributed by atoms with Crippen LogP contribution in [-0.4, -0.2) is 33.6 Å². The first-order chi connectivity index (χ1) is 11.6. The zero-order valence-electron chi connectivity index (χ0n) is 13.9. The van der Waals surface area contributed by atoms with Crippen molar-refractivity contribution >= 4 is 34.1 Å². The van der Waals surface area contributed by atoms with Gasteiger partial charge in [-0.15, -0.1) is 11.3 Å². The summed E-state index contributed by atoms with van der Waals surface area (Å²) in [5.41, 5.74) is 4.19. The molecular weight excluding hydrogens is 322 g/mol. The molecule has 0 aliphatic heterocycles. The van der Waals surface area contributed by atoms with Gasteiger partial charge in [0.15, 0.2) is 5.78 Å². The highest BCUT2D eigenvalue weighted by Gasteiger charge is 2.16.